The predicted molar refractivity (Wildman–Crippen MR) is 344 cm³/mol. The Morgan fingerprint density at radius 1 is 0.857 bits per heavy atom. The smallest absolute Gasteiger partial charge is 0.456 e. The molecule has 0 spiro atoms. The van der Waals surface area contributed by atoms with E-state index in [1.54, 1.807) is 69.2 Å². The first kappa shape index (κ1) is 72.6. The summed E-state index contributed by atoms with van der Waals surface area (Å²) in [5, 5.41) is 9.94. The Labute approximate surface area is 561 Å². The molecule has 10 rings (SSSR count). The van der Waals surface area contributed by atoms with Gasteiger partial charge in [-0.15, -0.1) is 0 Å². The molecule has 3 atom stereocenters. The fraction of sp³-hybridized carbons (Fsp3) is 0.424. The van der Waals surface area contributed by atoms with Crippen molar-refractivity contribution >= 4 is 74.9 Å². The average Bonchev–Trinajstić information content (AvgIpc) is 1.52. The molecule has 4 heterocycles. The molecule has 524 valence electrons. The number of rotatable bonds is 19. The molecule has 2 aliphatic carbocycles. The highest BCUT2D eigenvalue weighted by Gasteiger charge is 2.67. The summed E-state index contributed by atoms with van der Waals surface area (Å²) in [6.45, 7) is 17.9. The van der Waals surface area contributed by atoms with Crippen LogP contribution >= 0.6 is 19.4 Å². The maximum absolute atomic E-state index is 15.9. The predicted octanol–water partition coefficient (Wildman–Crippen LogP) is 14.8. The Kier molecular flexibility index (Phi) is 18.7. The van der Waals surface area contributed by atoms with Gasteiger partial charge >= 0.3 is 20.0 Å². The molecule has 32 heteroatoms. The van der Waals surface area contributed by atoms with E-state index in [4.69, 9.17) is 34.9 Å². The molecule has 2 aliphatic rings. The Morgan fingerprint density at radius 2 is 1.50 bits per heavy atom. The van der Waals surface area contributed by atoms with Gasteiger partial charge in [-0.05, 0) is 153 Å². The Hall–Kier alpha value is -8.18. The number of esters is 1. The quantitative estimate of drug-likeness (QED) is 0.0450. The number of benzene rings is 4. The number of fused-ring (bicyclic) bond motifs is 5. The molecule has 0 saturated heterocycles. The van der Waals surface area contributed by atoms with E-state index in [-0.39, 0.29) is 78.2 Å². The minimum atomic E-state index is -4.91. The van der Waals surface area contributed by atoms with Crippen LogP contribution in [0.2, 0.25) is 5.02 Å². The van der Waals surface area contributed by atoms with Crippen LogP contribution in [0.1, 0.15) is 163 Å². The third-order valence-electron chi connectivity index (χ3n) is 15.8. The highest BCUT2D eigenvalue weighted by Crippen LogP contribution is 2.68. The third-order valence-corrected chi connectivity index (χ3v) is 19.1. The fourth-order valence-corrected chi connectivity index (χ4v) is 15.3. The van der Waals surface area contributed by atoms with E-state index in [1.165, 1.54) is 69.4 Å². The van der Waals surface area contributed by atoms with Crippen LogP contribution in [0.5, 0.6) is 5.75 Å². The molecule has 4 aromatic heterocycles. The van der Waals surface area contributed by atoms with Gasteiger partial charge in [0.05, 0.1) is 67.3 Å². The fourth-order valence-electron chi connectivity index (χ4n) is 12.4. The van der Waals surface area contributed by atoms with Crippen molar-refractivity contribution in [3.05, 3.63) is 157 Å². The van der Waals surface area contributed by atoms with Crippen molar-refractivity contribution in [3.63, 3.8) is 0 Å². The molecule has 20 nitrogen and oxygen atoms in total. The van der Waals surface area contributed by atoms with Gasteiger partial charge < -0.3 is 14.6 Å². The summed E-state index contributed by atoms with van der Waals surface area (Å²) in [4.78, 5) is 68.1. The Balaban J connectivity index is 1.15. The first-order valence-electron chi connectivity index (χ1n) is 30.5. The molecule has 98 heavy (non-hydrogen) atoms. The number of alkyl halides is 7. The number of phosphoric acid groups is 1. The van der Waals surface area contributed by atoms with E-state index in [2.05, 4.69) is 20.5 Å². The second kappa shape index (κ2) is 25.2. The highest BCUT2D eigenvalue weighted by molar-refractivity contribution is 7.92. The van der Waals surface area contributed by atoms with Crippen LogP contribution in [-0.2, 0) is 75.5 Å². The summed E-state index contributed by atoms with van der Waals surface area (Å²) >= 11 is 7.06. The number of nitrogens with zero attached hydrogens (tertiary/aromatic N) is 8. The van der Waals surface area contributed by atoms with E-state index < -0.39 is 165 Å². The number of sulfonamides is 1. The third kappa shape index (κ3) is 14.9. The first-order valence-corrected chi connectivity index (χ1v) is 34.1. The number of anilines is 1. The standard InChI is InChI=1S/C66H68ClF9N9O11PS/c1-32-22-35(60(89)93-61(2,3)4)27-46(94-97(90,95-62(5,6)7)96-63(8,9)10)52(32)64(11,12)30-49(87)85(98(14,91)92)58-51-41(67)20-21-45(54(51)82(13)81-58)84-57(79-43-26-34(18-19-38(43)59(84)88)42-16-15-17-47(77-42)66(74,75)76)44(25-33-23-36(68)28-37(69)24-33)78-48(86)31-83-55-50(53(80-83)56(70)71)39-29-40(39)65(55,72)73/h15-24,26-28,39-40,44,56H,25,29-31H2,1-14H3,(H,78,86)/t39-,40+,44-/m0/s1. The molecule has 1 N–H and O–H groups in total. The maximum Gasteiger partial charge on any atom is 0.531 e. The van der Waals surface area contributed by atoms with Crippen LogP contribution in [0.25, 0.3) is 38.8 Å². The zero-order valence-corrected chi connectivity index (χ0v) is 57.8. The lowest BCUT2D eigenvalue weighted by Gasteiger charge is -2.34. The lowest BCUT2D eigenvalue weighted by molar-refractivity contribution is -0.141. The van der Waals surface area contributed by atoms with Crippen molar-refractivity contribution < 1.29 is 85.2 Å². The van der Waals surface area contributed by atoms with Crippen molar-refractivity contribution in [3.8, 4) is 22.7 Å². The van der Waals surface area contributed by atoms with Crippen molar-refractivity contribution in [2.24, 2.45) is 13.0 Å². The van der Waals surface area contributed by atoms with E-state index in [0.29, 0.717) is 21.3 Å². The van der Waals surface area contributed by atoms with Gasteiger partial charge in [0, 0.05) is 54.0 Å². The van der Waals surface area contributed by atoms with Gasteiger partial charge in [-0.3, -0.25) is 37.4 Å². The highest BCUT2D eigenvalue weighted by atomic mass is 35.5. The number of halogens is 10. The summed E-state index contributed by atoms with van der Waals surface area (Å²) in [6.07, 6.45) is -9.15. The van der Waals surface area contributed by atoms with Gasteiger partial charge in [-0.25, -0.2) is 45.3 Å². The maximum atomic E-state index is 15.9. The normalized spacial score (nSPS) is 16.1. The van der Waals surface area contributed by atoms with Crippen molar-refractivity contribution in [2.75, 3.05) is 10.6 Å². The average molecular weight is 1430 g/mol. The topological polar surface area (TPSA) is 238 Å². The minimum Gasteiger partial charge on any atom is -0.456 e. The summed E-state index contributed by atoms with van der Waals surface area (Å²) in [6, 6.07) is 12.1. The molecule has 1 fully saturated rings. The zero-order chi connectivity index (χ0) is 72.4. The number of aryl methyl sites for hydroxylation is 2. The van der Waals surface area contributed by atoms with Crippen LogP contribution in [0.4, 0.5) is 45.3 Å². The van der Waals surface area contributed by atoms with Crippen LogP contribution in [0, 0.1) is 24.5 Å². The molecule has 0 bridgehead atoms. The largest absolute Gasteiger partial charge is 0.531 e. The van der Waals surface area contributed by atoms with Crippen LogP contribution in [0.15, 0.2) is 83.7 Å². The number of aromatic nitrogens is 7. The number of ether oxygens (including phenoxy) is 1. The van der Waals surface area contributed by atoms with E-state index in [9.17, 15) is 44.5 Å². The van der Waals surface area contributed by atoms with Crippen molar-refractivity contribution in [2.45, 2.75) is 162 Å². The number of amides is 2. The molecular weight excluding hydrogens is 1360 g/mol. The van der Waals surface area contributed by atoms with Gasteiger partial charge in [0.25, 0.3) is 17.9 Å². The van der Waals surface area contributed by atoms with Crippen LogP contribution in [0.3, 0.4) is 0 Å². The molecule has 1 saturated carbocycles. The lowest BCUT2D eigenvalue weighted by atomic mass is 9.78. The molecular formula is C66H68ClF9N9O11PS. The molecule has 2 amide bonds. The van der Waals surface area contributed by atoms with Gasteiger partial charge in [-0.1, -0.05) is 37.6 Å². The summed E-state index contributed by atoms with van der Waals surface area (Å²) in [7, 11) is -8.29. The Bertz CT molecular complexity index is 4790. The van der Waals surface area contributed by atoms with E-state index in [1.807, 2.05) is 0 Å². The number of carbonyl (C=O) groups excluding carboxylic acids is 3. The minimum absolute atomic E-state index is 0.0342. The summed E-state index contributed by atoms with van der Waals surface area (Å²) in [5.74, 6) is -13.0. The first-order chi connectivity index (χ1) is 45.0. The summed E-state index contributed by atoms with van der Waals surface area (Å²) in [5.41, 5.74) is -10.6. The Morgan fingerprint density at radius 3 is 2.09 bits per heavy atom. The number of pyridine rings is 1. The van der Waals surface area contributed by atoms with Crippen LogP contribution in [-0.4, -0.2) is 83.4 Å². The molecule has 0 unspecified atom stereocenters. The second-order valence-electron chi connectivity index (χ2n) is 27.9. The monoisotopic (exact) mass is 1430 g/mol. The van der Waals surface area contributed by atoms with Crippen molar-refractivity contribution in [1.29, 1.82) is 0 Å². The number of nitrogens with one attached hydrogen (secondary N) is 1. The summed E-state index contributed by atoms with van der Waals surface area (Å²) < 4.78 is 204. The number of phosphoric ester groups is 1. The van der Waals surface area contributed by atoms with Crippen molar-refractivity contribution in [1.82, 2.24) is 39.4 Å². The van der Waals surface area contributed by atoms with Gasteiger partial charge in [0.15, 0.2) is 5.82 Å². The van der Waals surface area contributed by atoms with Crippen LogP contribution < -0.4 is 19.7 Å². The molecule has 0 radical (unpaired) electrons. The van der Waals surface area contributed by atoms with Gasteiger partial charge in [0.1, 0.15) is 52.4 Å². The van der Waals surface area contributed by atoms with E-state index >= 15 is 27.2 Å². The number of hydrogen-bond acceptors (Lipinski definition) is 15. The molecule has 8 aromatic rings. The van der Waals surface area contributed by atoms with E-state index in [0.717, 1.165) is 33.5 Å². The zero-order valence-electron chi connectivity index (χ0n) is 55.3. The SMILES string of the molecule is Cc1cc(C(=O)OC(C)(C)C)cc(OP(=O)(OC(C)(C)C)OC(C)(C)C)c1C(C)(C)CC(=O)N(c1nn(C)c2c(-n3c([C@H](Cc4cc(F)cc(F)c4)NC(=O)Cn4nc(C(F)F)c5c4C(F)(F)[C@@H]4C[C@H]54)nc4cc(-c5cccc(C(F)(F)F)n5)ccc4c3=O)ccc(Cl)c12)S(C)(=O)=O. The number of carbonyl (C=O) groups is 3. The molecule has 0 aliphatic heterocycles. The second-order valence-corrected chi connectivity index (χ2v) is 31.5. The lowest BCUT2D eigenvalue weighted by Crippen LogP contribution is -2.40. The number of hydrogen-bond donors (Lipinski definition) is 1. The van der Waals surface area contributed by atoms with Gasteiger partial charge in [0.2, 0.25) is 21.8 Å². The van der Waals surface area contributed by atoms with Gasteiger partial charge in [-0.2, -0.15) is 36.5 Å². The molecule has 4 aromatic carbocycles.